The van der Waals surface area contributed by atoms with Crippen LogP contribution in [0.25, 0.3) is 0 Å². The number of rotatable bonds is 48. The Morgan fingerprint density at radius 1 is 0.463 bits per heavy atom. The zero-order chi connectivity index (χ0) is 49.2. The van der Waals surface area contributed by atoms with Gasteiger partial charge in [-0.15, -0.1) is 0 Å². The zero-order valence-corrected chi connectivity index (χ0v) is 43.5. The minimum Gasteiger partial charge on any atom is -0.477 e. The van der Waals surface area contributed by atoms with Crippen LogP contribution in [-0.4, -0.2) is 87.4 Å². The molecule has 2 unspecified atom stereocenters. The maximum atomic E-state index is 12.7. The number of ether oxygens (including phenoxy) is 4. The van der Waals surface area contributed by atoms with Crippen molar-refractivity contribution in [3.8, 4) is 0 Å². The van der Waals surface area contributed by atoms with Gasteiger partial charge >= 0.3 is 17.9 Å². The molecule has 0 bridgehead atoms. The van der Waals surface area contributed by atoms with E-state index in [2.05, 4.69) is 98.9 Å². The van der Waals surface area contributed by atoms with Gasteiger partial charge in [0.1, 0.15) is 13.2 Å². The van der Waals surface area contributed by atoms with Gasteiger partial charge in [0.05, 0.1) is 34.4 Å². The van der Waals surface area contributed by atoms with Gasteiger partial charge in [0.15, 0.2) is 6.10 Å². The Morgan fingerprint density at radius 2 is 0.851 bits per heavy atom. The second-order valence-electron chi connectivity index (χ2n) is 18.8. The number of carboxylic acids is 1. The van der Waals surface area contributed by atoms with E-state index in [-0.39, 0.29) is 32.2 Å². The van der Waals surface area contributed by atoms with Crippen LogP contribution in [0.15, 0.2) is 85.1 Å². The fourth-order valence-corrected chi connectivity index (χ4v) is 7.05. The maximum Gasteiger partial charge on any atom is 0.361 e. The Labute approximate surface area is 410 Å². The van der Waals surface area contributed by atoms with Gasteiger partial charge in [0, 0.05) is 12.8 Å². The van der Waals surface area contributed by atoms with Gasteiger partial charge in [-0.25, -0.2) is 4.79 Å². The summed E-state index contributed by atoms with van der Waals surface area (Å²) in [6, 6.07) is 0. The molecular formula is C58H100NO8+. The Kier molecular flexibility index (Phi) is 46.3. The molecule has 9 heteroatoms. The van der Waals surface area contributed by atoms with Crippen LogP contribution in [-0.2, 0) is 33.3 Å². The molecule has 9 nitrogen and oxygen atoms in total. The molecule has 0 amide bonds. The van der Waals surface area contributed by atoms with Crippen molar-refractivity contribution in [2.75, 3.05) is 47.5 Å². The number of unbranched alkanes of at least 4 members (excludes halogenated alkanes) is 19. The summed E-state index contributed by atoms with van der Waals surface area (Å²) in [4.78, 5) is 36.9. The summed E-state index contributed by atoms with van der Waals surface area (Å²) in [6.45, 7) is 4.65. The number of allylic oxidation sites excluding steroid dienone is 14. The number of nitrogens with zero attached hydrogens (tertiary/aromatic N) is 1. The average Bonchev–Trinajstić information content (AvgIpc) is 3.29. The predicted molar refractivity (Wildman–Crippen MR) is 281 cm³/mol. The maximum absolute atomic E-state index is 12.7. The molecule has 0 spiro atoms. The minimum atomic E-state index is -1.51. The normalized spacial score (nSPS) is 13.5. The molecule has 0 fully saturated rings. The molecule has 0 aliphatic rings. The summed E-state index contributed by atoms with van der Waals surface area (Å²) in [7, 11) is 5.94. The van der Waals surface area contributed by atoms with Crippen molar-refractivity contribution >= 4 is 17.9 Å². The highest BCUT2D eigenvalue weighted by atomic mass is 16.7. The van der Waals surface area contributed by atoms with Crippen molar-refractivity contribution in [1.29, 1.82) is 0 Å². The van der Waals surface area contributed by atoms with E-state index >= 15 is 0 Å². The highest BCUT2D eigenvalue weighted by Gasteiger charge is 2.25. The lowest BCUT2D eigenvalue weighted by Gasteiger charge is -2.25. The van der Waals surface area contributed by atoms with Gasteiger partial charge in [0.2, 0.25) is 0 Å². The lowest BCUT2D eigenvalue weighted by Crippen LogP contribution is -2.40. The number of aliphatic carboxylic acids is 1. The molecule has 0 saturated heterocycles. The number of esters is 2. The van der Waals surface area contributed by atoms with Crippen LogP contribution in [0.5, 0.6) is 0 Å². The van der Waals surface area contributed by atoms with Crippen molar-refractivity contribution in [2.24, 2.45) is 0 Å². The number of likely N-dealkylation sites (N-methyl/N-ethyl adjacent to an activating group) is 1. The van der Waals surface area contributed by atoms with Crippen LogP contribution in [0.1, 0.15) is 206 Å². The summed E-state index contributed by atoms with van der Waals surface area (Å²) in [5.74, 6) is -2.02. The number of carbonyl (C=O) groups is 3. The first-order valence-corrected chi connectivity index (χ1v) is 26.8. The molecule has 0 rings (SSSR count). The van der Waals surface area contributed by atoms with Gasteiger partial charge in [-0.2, -0.15) is 0 Å². The lowest BCUT2D eigenvalue weighted by atomic mass is 10.0. The van der Waals surface area contributed by atoms with E-state index in [4.69, 9.17) is 18.9 Å². The zero-order valence-electron chi connectivity index (χ0n) is 43.5. The Balaban J connectivity index is 3.93. The van der Waals surface area contributed by atoms with Crippen molar-refractivity contribution in [1.82, 2.24) is 0 Å². The fraction of sp³-hybridized carbons (Fsp3) is 0.707. The summed E-state index contributed by atoms with van der Waals surface area (Å²) in [6.07, 6.45) is 61.5. The third kappa shape index (κ3) is 50.2. The third-order valence-electron chi connectivity index (χ3n) is 11.2. The van der Waals surface area contributed by atoms with Gasteiger partial charge in [-0.1, -0.05) is 208 Å². The number of quaternary nitrogens is 1. The molecule has 0 radical (unpaired) electrons. The van der Waals surface area contributed by atoms with Crippen molar-refractivity contribution < 1.29 is 42.9 Å². The summed E-state index contributed by atoms with van der Waals surface area (Å²) >= 11 is 0. The smallest absolute Gasteiger partial charge is 0.361 e. The van der Waals surface area contributed by atoms with Crippen molar-refractivity contribution in [2.45, 2.75) is 219 Å². The average molecular weight is 939 g/mol. The summed E-state index contributed by atoms with van der Waals surface area (Å²) < 4.78 is 22.6. The topological polar surface area (TPSA) is 108 Å². The molecule has 384 valence electrons. The molecule has 2 atom stereocenters. The van der Waals surface area contributed by atoms with E-state index in [9.17, 15) is 19.5 Å². The Bertz CT molecular complexity index is 1370. The van der Waals surface area contributed by atoms with Crippen LogP contribution in [0, 0.1) is 0 Å². The molecule has 67 heavy (non-hydrogen) atoms. The van der Waals surface area contributed by atoms with E-state index in [0.29, 0.717) is 17.4 Å². The van der Waals surface area contributed by atoms with Gasteiger partial charge in [-0.05, 0) is 70.6 Å². The molecule has 0 aromatic carbocycles. The van der Waals surface area contributed by atoms with Gasteiger partial charge in [-0.3, -0.25) is 9.59 Å². The quantitative estimate of drug-likeness (QED) is 0.0211. The van der Waals surface area contributed by atoms with Gasteiger partial charge in [0.25, 0.3) is 6.29 Å². The number of carboxylic acid groups (broad SMARTS) is 1. The molecule has 0 aromatic heterocycles. The van der Waals surface area contributed by atoms with E-state index in [0.717, 1.165) is 96.3 Å². The Morgan fingerprint density at radius 3 is 1.27 bits per heavy atom. The van der Waals surface area contributed by atoms with Crippen LogP contribution in [0.3, 0.4) is 0 Å². The standard InChI is InChI=1S/C58H99NO8/c1-6-8-10-12-13-14-15-16-17-18-19-20-21-22-23-24-25-26-27-28-29-30-31-32-33-34-35-36-37-38-39-40-41-42-43-45-47-49-56(61)67-54(52-65-55(60)48-46-44-11-9-7-2)53-66-58(57(62)63)64-51-50-59(3,4)5/h8,10,13-14,16-17,19-20,22-23,25-26,28-29,54,58H,6-7,9,11-12,15,18,21,24,27,30-53H2,1-5H3/p+1/b10-8-,14-13-,17-16-,20-19-,23-22-,26-25-,29-28-. The first-order valence-electron chi connectivity index (χ1n) is 26.8. The molecule has 1 N–H and O–H groups in total. The second kappa shape index (κ2) is 48.9. The first-order chi connectivity index (χ1) is 32.6. The molecule has 0 heterocycles. The molecular weight excluding hydrogens is 839 g/mol. The highest BCUT2D eigenvalue weighted by molar-refractivity contribution is 5.71. The number of carbonyl (C=O) groups excluding carboxylic acids is 2. The van der Waals surface area contributed by atoms with Crippen molar-refractivity contribution in [3.63, 3.8) is 0 Å². The SMILES string of the molecule is CC/C=C\C/C=C\C/C=C\C/C=C\C/C=C\C/C=C\C/C=C\CCCCCCCCCCCCCCCCCC(=O)OC(COC(=O)CCCCCCC)COC(OCC[N+](C)(C)C)C(=O)O. The second-order valence-corrected chi connectivity index (χ2v) is 18.8. The van der Waals surface area contributed by atoms with Crippen LogP contribution < -0.4 is 0 Å². The lowest BCUT2D eigenvalue weighted by molar-refractivity contribution is -0.870. The fourth-order valence-electron chi connectivity index (χ4n) is 7.05. The first kappa shape index (κ1) is 63.5. The van der Waals surface area contributed by atoms with Gasteiger partial charge < -0.3 is 28.5 Å². The van der Waals surface area contributed by atoms with E-state index in [1.54, 1.807) is 0 Å². The molecule has 0 aromatic rings. The minimum absolute atomic E-state index is 0.184. The largest absolute Gasteiger partial charge is 0.477 e. The monoisotopic (exact) mass is 939 g/mol. The number of hydrogen-bond acceptors (Lipinski definition) is 7. The Hall–Kier alpha value is -3.53. The summed E-state index contributed by atoms with van der Waals surface area (Å²) in [5.41, 5.74) is 0. The number of hydrogen-bond donors (Lipinski definition) is 1. The van der Waals surface area contributed by atoms with Crippen molar-refractivity contribution in [3.05, 3.63) is 85.1 Å². The van der Waals surface area contributed by atoms with Crippen LogP contribution in [0.2, 0.25) is 0 Å². The molecule has 0 saturated carbocycles. The third-order valence-corrected chi connectivity index (χ3v) is 11.2. The molecule has 0 aliphatic heterocycles. The van der Waals surface area contributed by atoms with Crippen LogP contribution in [0.4, 0.5) is 0 Å². The summed E-state index contributed by atoms with van der Waals surface area (Å²) in [5, 5.41) is 9.60. The predicted octanol–water partition coefficient (Wildman–Crippen LogP) is 15.2. The van der Waals surface area contributed by atoms with Crippen LogP contribution >= 0.6 is 0 Å². The van der Waals surface area contributed by atoms with E-state index in [1.807, 2.05) is 21.1 Å². The van der Waals surface area contributed by atoms with E-state index in [1.165, 1.54) is 83.5 Å². The molecule has 0 aliphatic carbocycles. The van der Waals surface area contributed by atoms with E-state index < -0.39 is 24.3 Å². The highest BCUT2D eigenvalue weighted by Crippen LogP contribution is 2.15.